The van der Waals surface area contributed by atoms with Crippen molar-refractivity contribution in [2.75, 3.05) is 23.9 Å². The maximum atomic E-state index is 13.2. The van der Waals surface area contributed by atoms with Gasteiger partial charge in [0.25, 0.3) is 10.0 Å². The first kappa shape index (κ1) is 20.1. The van der Waals surface area contributed by atoms with Crippen molar-refractivity contribution in [3.8, 4) is 0 Å². The second-order valence-electron chi connectivity index (χ2n) is 6.86. The SMILES string of the molecule is CC1CCN(C(=O)CN(c2ccc(I)cc2)S(=O)(=O)c2ccccc2)CC1. The zero-order valence-electron chi connectivity index (χ0n) is 15.2. The Balaban J connectivity index is 1.91. The molecule has 5 nitrogen and oxygen atoms in total. The van der Waals surface area contributed by atoms with Gasteiger partial charge in [0.05, 0.1) is 10.6 Å². The fourth-order valence-electron chi connectivity index (χ4n) is 3.12. The summed E-state index contributed by atoms with van der Waals surface area (Å²) in [6, 6.07) is 15.4. The maximum Gasteiger partial charge on any atom is 0.264 e. The molecule has 144 valence electrons. The van der Waals surface area contributed by atoms with Crippen LogP contribution in [0.15, 0.2) is 59.5 Å². The van der Waals surface area contributed by atoms with E-state index < -0.39 is 10.0 Å². The molecule has 2 aromatic rings. The van der Waals surface area contributed by atoms with Crippen molar-refractivity contribution < 1.29 is 13.2 Å². The minimum Gasteiger partial charge on any atom is -0.341 e. The Bertz CT molecular complexity index is 877. The fourth-order valence-corrected chi connectivity index (χ4v) is 4.92. The Hall–Kier alpha value is -1.61. The molecule has 1 heterocycles. The Morgan fingerprint density at radius 1 is 1.07 bits per heavy atom. The summed E-state index contributed by atoms with van der Waals surface area (Å²) in [4.78, 5) is 14.8. The molecule has 1 aliphatic rings. The molecule has 1 aliphatic heterocycles. The number of amides is 1. The van der Waals surface area contributed by atoms with Crippen LogP contribution in [0.1, 0.15) is 19.8 Å². The Morgan fingerprint density at radius 3 is 2.26 bits per heavy atom. The number of benzene rings is 2. The van der Waals surface area contributed by atoms with Crippen molar-refractivity contribution in [2.45, 2.75) is 24.7 Å². The highest BCUT2D eigenvalue weighted by Gasteiger charge is 2.29. The zero-order valence-corrected chi connectivity index (χ0v) is 18.2. The molecule has 7 heteroatoms. The first-order chi connectivity index (χ1) is 12.9. The molecule has 1 fully saturated rings. The summed E-state index contributed by atoms with van der Waals surface area (Å²) in [7, 11) is -3.83. The number of anilines is 1. The van der Waals surface area contributed by atoms with E-state index in [2.05, 4.69) is 29.5 Å². The number of sulfonamides is 1. The molecule has 2 aromatic carbocycles. The Labute approximate surface area is 174 Å². The number of rotatable bonds is 5. The van der Waals surface area contributed by atoms with Gasteiger partial charge in [-0.3, -0.25) is 9.10 Å². The van der Waals surface area contributed by atoms with Crippen molar-refractivity contribution >= 4 is 44.2 Å². The second kappa shape index (κ2) is 8.60. The largest absolute Gasteiger partial charge is 0.341 e. The van der Waals surface area contributed by atoms with Gasteiger partial charge in [-0.2, -0.15) is 0 Å². The van der Waals surface area contributed by atoms with Crippen LogP contribution in [0.25, 0.3) is 0 Å². The van der Waals surface area contributed by atoms with Gasteiger partial charge in [0.1, 0.15) is 6.54 Å². The van der Waals surface area contributed by atoms with Gasteiger partial charge < -0.3 is 4.90 Å². The molecule has 27 heavy (non-hydrogen) atoms. The number of hydrogen-bond acceptors (Lipinski definition) is 3. The molecular weight excluding hydrogens is 475 g/mol. The Morgan fingerprint density at radius 2 is 1.67 bits per heavy atom. The summed E-state index contributed by atoms with van der Waals surface area (Å²) < 4.78 is 28.7. The topological polar surface area (TPSA) is 57.7 Å². The smallest absolute Gasteiger partial charge is 0.264 e. The molecular formula is C20H23IN2O3S. The molecule has 0 bridgehead atoms. The quantitative estimate of drug-likeness (QED) is 0.591. The summed E-state index contributed by atoms with van der Waals surface area (Å²) in [6.07, 6.45) is 1.92. The molecule has 0 aliphatic carbocycles. The summed E-state index contributed by atoms with van der Waals surface area (Å²) >= 11 is 2.17. The van der Waals surface area contributed by atoms with Crippen LogP contribution in [0.3, 0.4) is 0 Å². The first-order valence-electron chi connectivity index (χ1n) is 8.99. The highest BCUT2D eigenvalue weighted by atomic mass is 127. The predicted molar refractivity (Wildman–Crippen MR) is 115 cm³/mol. The second-order valence-corrected chi connectivity index (χ2v) is 9.97. The van der Waals surface area contributed by atoms with Gasteiger partial charge in [-0.25, -0.2) is 8.42 Å². The fraction of sp³-hybridized carbons (Fsp3) is 0.350. The summed E-state index contributed by atoms with van der Waals surface area (Å²) in [6.45, 7) is 3.36. The minimum absolute atomic E-state index is 0.153. The van der Waals surface area contributed by atoms with Crippen molar-refractivity contribution in [1.82, 2.24) is 4.90 Å². The van der Waals surface area contributed by atoms with Crippen LogP contribution in [-0.4, -0.2) is 38.9 Å². The maximum absolute atomic E-state index is 13.2. The number of carbonyl (C=O) groups is 1. The van der Waals surface area contributed by atoms with E-state index in [1.165, 1.54) is 4.31 Å². The number of likely N-dealkylation sites (tertiary alicyclic amines) is 1. The first-order valence-corrected chi connectivity index (χ1v) is 11.5. The van der Waals surface area contributed by atoms with Crippen molar-refractivity contribution in [3.63, 3.8) is 0 Å². The molecule has 1 saturated heterocycles. The summed E-state index contributed by atoms with van der Waals surface area (Å²) in [5.74, 6) is 0.453. The van der Waals surface area contributed by atoms with Gasteiger partial charge in [0, 0.05) is 16.7 Å². The van der Waals surface area contributed by atoms with Gasteiger partial charge >= 0.3 is 0 Å². The average Bonchev–Trinajstić information content (AvgIpc) is 2.68. The summed E-state index contributed by atoms with van der Waals surface area (Å²) in [5, 5.41) is 0. The molecule has 0 radical (unpaired) electrons. The third kappa shape index (κ3) is 4.82. The molecule has 0 aromatic heterocycles. The molecule has 1 amide bonds. The van der Waals surface area contributed by atoms with Gasteiger partial charge in [-0.05, 0) is 77.7 Å². The molecule has 0 unspecified atom stereocenters. The van der Waals surface area contributed by atoms with Crippen LogP contribution < -0.4 is 4.31 Å². The van der Waals surface area contributed by atoms with Gasteiger partial charge in [-0.1, -0.05) is 25.1 Å². The van der Waals surface area contributed by atoms with E-state index in [1.807, 2.05) is 12.1 Å². The third-order valence-electron chi connectivity index (χ3n) is 4.86. The van der Waals surface area contributed by atoms with E-state index in [-0.39, 0.29) is 17.3 Å². The average molecular weight is 498 g/mol. The molecule has 0 atom stereocenters. The van der Waals surface area contributed by atoms with Gasteiger partial charge in [0.2, 0.25) is 5.91 Å². The van der Waals surface area contributed by atoms with E-state index in [1.54, 1.807) is 47.4 Å². The van der Waals surface area contributed by atoms with Crippen LogP contribution in [0.5, 0.6) is 0 Å². The van der Waals surface area contributed by atoms with Gasteiger partial charge in [-0.15, -0.1) is 0 Å². The number of hydrogen-bond donors (Lipinski definition) is 0. The van der Waals surface area contributed by atoms with Crippen molar-refractivity contribution in [2.24, 2.45) is 5.92 Å². The monoisotopic (exact) mass is 498 g/mol. The molecule has 0 spiro atoms. The number of nitrogens with zero attached hydrogens (tertiary/aromatic N) is 2. The number of halogens is 1. The lowest BCUT2D eigenvalue weighted by molar-refractivity contribution is -0.130. The Kier molecular flexibility index (Phi) is 6.41. The van der Waals surface area contributed by atoms with Crippen LogP contribution >= 0.6 is 22.6 Å². The molecule has 0 saturated carbocycles. The standard InChI is InChI=1S/C20H23IN2O3S/c1-16-11-13-22(14-12-16)20(24)15-23(18-9-7-17(21)8-10-18)27(25,26)19-5-3-2-4-6-19/h2-10,16H,11-15H2,1H3. The van der Waals surface area contributed by atoms with E-state index in [4.69, 9.17) is 0 Å². The van der Waals surface area contributed by atoms with Gasteiger partial charge in [0.15, 0.2) is 0 Å². The minimum atomic E-state index is -3.83. The number of carbonyl (C=O) groups excluding carboxylic acids is 1. The van der Waals surface area contributed by atoms with Crippen LogP contribution in [0, 0.1) is 9.49 Å². The highest BCUT2D eigenvalue weighted by molar-refractivity contribution is 14.1. The zero-order chi connectivity index (χ0) is 19.4. The number of piperidine rings is 1. The third-order valence-corrected chi connectivity index (χ3v) is 7.37. The summed E-state index contributed by atoms with van der Waals surface area (Å²) in [5.41, 5.74) is 0.498. The van der Waals surface area contributed by atoms with Crippen LogP contribution in [-0.2, 0) is 14.8 Å². The highest BCUT2D eigenvalue weighted by Crippen LogP contribution is 2.25. The normalized spacial score (nSPS) is 15.6. The van der Waals surface area contributed by atoms with Crippen molar-refractivity contribution in [3.05, 3.63) is 58.2 Å². The van der Waals surface area contributed by atoms with Crippen molar-refractivity contribution in [1.29, 1.82) is 0 Å². The van der Waals surface area contributed by atoms with E-state index in [9.17, 15) is 13.2 Å². The van der Waals surface area contributed by atoms with Crippen LogP contribution in [0.4, 0.5) is 5.69 Å². The van der Waals surface area contributed by atoms with E-state index >= 15 is 0 Å². The molecule has 3 rings (SSSR count). The van der Waals surface area contributed by atoms with E-state index in [0.717, 1.165) is 16.4 Å². The molecule has 0 N–H and O–H groups in total. The van der Waals surface area contributed by atoms with E-state index in [0.29, 0.717) is 24.7 Å². The predicted octanol–water partition coefficient (Wildman–Crippen LogP) is 3.75. The lowest BCUT2D eigenvalue weighted by Crippen LogP contribution is -2.45. The van der Waals surface area contributed by atoms with Crippen LogP contribution in [0.2, 0.25) is 0 Å². The lowest BCUT2D eigenvalue weighted by Gasteiger charge is -2.32. The lowest BCUT2D eigenvalue weighted by atomic mass is 9.99.